The van der Waals surface area contributed by atoms with Gasteiger partial charge in [-0.3, -0.25) is 9.20 Å². The molecular formula is C14H13ClN4O3S. The van der Waals surface area contributed by atoms with E-state index < -0.39 is 10.0 Å². The van der Waals surface area contributed by atoms with Gasteiger partial charge in [-0.1, -0.05) is 29.8 Å². The molecule has 1 N–H and O–H groups in total. The smallest absolute Gasteiger partial charge is 0.290 e. The molecule has 0 fully saturated rings. The summed E-state index contributed by atoms with van der Waals surface area (Å²) in [5, 5.41) is 4.32. The summed E-state index contributed by atoms with van der Waals surface area (Å²) in [5.74, 6) is 0. The second-order valence-electron chi connectivity index (χ2n) is 4.94. The van der Waals surface area contributed by atoms with Crippen LogP contribution in [0.5, 0.6) is 0 Å². The molecule has 0 saturated heterocycles. The molecule has 120 valence electrons. The zero-order valence-electron chi connectivity index (χ0n) is 12.1. The van der Waals surface area contributed by atoms with Gasteiger partial charge in [-0.05, 0) is 17.7 Å². The van der Waals surface area contributed by atoms with Crippen LogP contribution in [0.1, 0.15) is 5.56 Å². The normalized spacial score (nSPS) is 11.9. The fourth-order valence-corrected chi connectivity index (χ4v) is 3.35. The van der Waals surface area contributed by atoms with E-state index >= 15 is 0 Å². The third-order valence-electron chi connectivity index (χ3n) is 3.41. The van der Waals surface area contributed by atoms with Crippen molar-refractivity contribution < 1.29 is 8.42 Å². The molecular weight excluding hydrogens is 340 g/mol. The number of fused-ring (bicyclic) bond motifs is 1. The minimum Gasteiger partial charge on any atom is -0.300 e. The van der Waals surface area contributed by atoms with Crippen LogP contribution in [0.25, 0.3) is 5.52 Å². The first-order chi connectivity index (χ1) is 10.9. The van der Waals surface area contributed by atoms with Crippen molar-refractivity contribution in [3.8, 4) is 0 Å². The lowest BCUT2D eigenvalue weighted by Gasteiger charge is -2.06. The van der Waals surface area contributed by atoms with Gasteiger partial charge in [-0.15, -0.1) is 0 Å². The van der Waals surface area contributed by atoms with E-state index in [4.69, 9.17) is 11.6 Å². The Balaban J connectivity index is 1.92. The number of aryl methyl sites for hydroxylation is 1. The van der Waals surface area contributed by atoms with Crippen LogP contribution in [-0.4, -0.2) is 22.6 Å². The second-order valence-corrected chi connectivity index (χ2v) is 7.12. The summed E-state index contributed by atoms with van der Waals surface area (Å²) in [7, 11) is -2.27. The van der Waals surface area contributed by atoms with E-state index in [0.717, 1.165) is 4.68 Å². The van der Waals surface area contributed by atoms with Gasteiger partial charge < -0.3 is 0 Å². The Labute approximate surface area is 137 Å². The van der Waals surface area contributed by atoms with Crippen LogP contribution < -0.4 is 10.3 Å². The van der Waals surface area contributed by atoms with Gasteiger partial charge in [0, 0.05) is 24.8 Å². The number of sulfonamides is 1. The quantitative estimate of drug-likeness (QED) is 0.763. The molecule has 3 rings (SSSR count). The van der Waals surface area contributed by atoms with Crippen LogP contribution in [0.2, 0.25) is 5.02 Å². The maximum atomic E-state index is 12.4. The Morgan fingerprint density at radius 2 is 2.04 bits per heavy atom. The van der Waals surface area contributed by atoms with Crippen molar-refractivity contribution in [3.63, 3.8) is 0 Å². The van der Waals surface area contributed by atoms with E-state index in [1.165, 1.54) is 30.0 Å². The number of benzene rings is 1. The molecule has 7 nitrogen and oxygen atoms in total. The fourth-order valence-electron chi connectivity index (χ4n) is 2.12. The van der Waals surface area contributed by atoms with Crippen LogP contribution in [-0.2, 0) is 23.6 Å². The van der Waals surface area contributed by atoms with Gasteiger partial charge in [0.05, 0.1) is 0 Å². The molecule has 0 radical (unpaired) electrons. The van der Waals surface area contributed by atoms with E-state index in [9.17, 15) is 13.2 Å². The summed E-state index contributed by atoms with van der Waals surface area (Å²) in [5.41, 5.74) is 0.528. The van der Waals surface area contributed by atoms with Crippen molar-refractivity contribution in [2.24, 2.45) is 7.05 Å². The number of hydrogen-bond acceptors (Lipinski definition) is 4. The first-order valence-corrected chi connectivity index (χ1v) is 8.52. The van der Waals surface area contributed by atoms with Crippen LogP contribution in [0.4, 0.5) is 0 Å². The van der Waals surface area contributed by atoms with Crippen molar-refractivity contribution in [3.05, 3.63) is 63.8 Å². The Morgan fingerprint density at radius 3 is 2.78 bits per heavy atom. The highest BCUT2D eigenvalue weighted by Crippen LogP contribution is 2.17. The molecule has 0 amide bonds. The molecule has 23 heavy (non-hydrogen) atoms. The second kappa shape index (κ2) is 5.80. The Kier molecular flexibility index (Phi) is 3.97. The molecule has 0 saturated carbocycles. The van der Waals surface area contributed by atoms with E-state index in [0.29, 0.717) is 10.6 Å². The van der Waals surface area contributed by atoms with Crippen molar-refractivity contribution in [1.82, 2.24) is 18.9 Å². The maximum absolute atomic E-state index is 12.4. The first-order valence-electron chi connectivity index (χ1n) is 6.65. The number of nitrogens with zero attached hydrogens (tertiary/aromatic N) is 3. The third kappa shape index (κ3) is 3.00. The average Bonchev–Trinajstić information content (AvgIpc) is 2.96. The summed E-state index contributed by atoms with van der Waals surface area (Å²) < 4.78 is 29.8. The van der Waals surface area contributed by atoms with Gasteiger partial charge in [0.15, 0.2) is 0 Å². The number of aromatic nitrogens is 3. The molecule has 2 aromatic heterocycles. The largest absolute Gasteiger partial charge is 0.300 e. The predicted octanol–water partition coefficient (Wildman–Crippen LogP) is 1.16. The highest BCUT2D eigenvalue weighted by molar-refractivity contribution is 7.89. The topological polar surface area (TPSA) is 85.5 Å². The zero-order chi connectivity index (χ0) is 16.6. The molecule has 9 heteroatoms. The van der Waals surface area contributed by atoms with Crippen molar-refractivity contribution in [2.45, 2.75) is 11.4 Å². The van der Waals surface area contributed by atoms with E-state index in [1.807, 2.05) is 0 Å². The summed E-state index contributed by atoms with van der Waals surface area (Å²) in [4.78, 5) is 11.9. The summed E-state index contributed by atoms with van der Waals surface area (Å²) >= 11 is 6.01. The lowest BCUT2D eigenvalue weighted by Crippen LogP contribution is -2.23. The number of hydrogen-bond donors (Lipinski definition) is 1. The summed E-state index contributed by atoms with van der Waals surface area (Å²) in [6.07, 6.45) is 2.72. The van der Waals surface area contributed by atoms with Crippen LogP contribution in [0, 0.1) is 0 Å². The van der Waals surface area contributed by atoms with Gasteiger partial charge >= 0.3 is 0 Å². The average molecular weight is 353 g/mol. The molecule has 2 heterocycles. The summed E-state index contributed by atoms with van der Waals surface area (Å²) in [6.45, 7) is 0.0600. The minimum absolute atomic E-state index is 0.00495. The molecule has 0 bridgehead atoms. The van der Waals surface area contributed by atoms with Gasteiger partial charge in [0.1, 0.15) is 16.7 Å². The highest BCUT2D eigenvalue weighted by atomic mass is 35.5. The Bertz CT molecular complexity index is 1040. The van der Waals surface area contributed by atoms with Gasteiger partial charge in [0.2, 0.25) is 10.0 Å². The molecule has 3 aromatic rings. The monoisotopic (exact) mass is 352 g/mol. The zero-order valence-corrected chi connectivity index (χ0v) is 13.7. The van der Waals surface area contributed by atoms with Gasteiger partial charge in [-0.25, -0.2) is 17.8 Å². The van der Waals surface area contributed by atoms with Crippen molar-refractivity contribution in [1.29, 1.82) is 0 Å². The van der Waals surface area contributed by atoms with E-state index in [-0.39, 0.29) is 22.5 Å². The van der Waals surface area contributed by atoms with E-state index in [2.05, 4.69) is 9.82 Å². The Hall–Kier alpha value is -2.16. The molecule has 1 aromatic carbocycles. The molecule has 0 aliphatic rings. The van der Waals surface area contributed by atoms with Gasteiger partial charge in [-0.2, -0.15) is 5.10 Å². The fraction of sp³-hybridized carbons (Fsp3) is 0.143. The lowest BCUT2D eigenvalue weighted by atomic mass is 10.2. The lowest BCUT2D eigenvalue weighted by molar-refractivity contribution is 0.581. The number of nitrogens with one attached hydrogen (secondary N) is 1. The third-order valence-corrected chi connectivity index (χ3v) is 5.14. The number of halogens is 1. The molecule has 0 aliphatic heterocycles. The van der Waals surface area contributed by atoms with Crippen molar-refractivity contribution >= 4 is 27.1 Å². The minimum atomic E-state index is -3.77. The van der Waals surface area contributed by atoms with Crippen LogP contribution in [0.3, 0.4) is 0 Å². The molecule has 0 spiro atoms. The van der Waals surface area contributed by atoms with Crippen LogP contribution >= 0.6 is 11.6 Å². The first kappa shape index (κ1) is 15.7. The number of rotatable bonds is 4. The summed E-state index contributed by atoms with van der Waals surface area (Å²) in [6, 6.07) is 8.29. The molecule has 0 atom stereocenters. The Morgan fingerprint density at radius 1 is 1.30 bits per heavy atom. The van der Waals surface area contributed by atoms with Crippen molar-refractivity contribution in [2.75, 3.05) is 0 Å². The SMILES string of the molecule is Cn1ncn2cc(S(=O)(=O)NCc3ccccc3Cl)cc2c1=O. The highest BCUT2D eigenvalue weighted by Gasteiger charge is 2.18. The van der Waals surface area contributed by atoms with Crippen LogP contribution in [0.15, 0.2) is 52.5 Å². The van der Waals surface area contributed by atoms with Gasteiger partial charge in [0.25, 0.3) is 5.56 Å². The molecule has 0 unspecified atom stereocenters. The predicted molar refractivity (Wildman–Crippen MR) is 85.9 cm³/mol. The molecule has 0 aliphatic carbocycles. The standard InChI is InChI=1S/C14H13ClN4O3S/c1-18-14(20)13-6-11(8-19(13)9-16-18)23(21,22)17-7-10-4-2-3-5-12(10)15/h2-6,8-9,17H,7H2,1H3. The maximum Gasteiger partial charge on any atom is 0.290 e. The van der Waals surface area contributed by atoms with E-state index in [1.54, 1.807) is 24.3 Å².